The Morgan fingerprint density at radius 1 is 0.952 bits per heavy atom. The Bertz CT molecular complexity index is 688. The summed E-state index contributed by atoms with van der Waals surface area (Å²) in [6, 6.07) is 14.7. The zero-order valence-electron chi connectivity index (χ0n) is 11.2. The second-order valence-corrected chi connectivity index (χ2v) is 4.78. The second-order valence-electron chi connectivity index (χ2n) is 4.78. The molecule has 1 saturated heterocycles. The van der Waals surface area contributed by atoms with Crippen molar-refractivity contribution in [2.24, 2.45) is 0 Å². The van der Waals surface area contributed by atoms with Gasteiger partial charge in [0, 0.05) is 11.3 Å². The molecule has 21 heavy (non-hydrogen) atoms. The molecule has 0 N–H and O–H groups in total. The minimum Gasteiger partial charge on any atom is -0.285 e. The summed E-state index contributed by atoms with van der Waals surface area (Å²) in [5.74, 6) is -0.747. The van der Waals surface area contributed by atoms with Crippen LogP contribution in [0.3, 0.4) is 0 Å². The minimum absolute atomic E-state index is 0.0166. The van der Waals surface area contributed by atoms with E-state index in [0.717, 1.165) is 4.90 Å². The fourth-order valence-electron chi connectivity index (χ4n) is 2.30. The highest BCUT2D eigenvalue weighted by Gasteiger charge is 2.36. The van der Waals surface area contributed by atoms with Crippen LogP contribution in [-0.4, -0.2) is 23.4 Å². The normalized spacial score (nSPS) is 14.9. The van der Waals surface area contributed by atoms with Crippen LogP contribution in [0.1, 0.15) is 5.56 Å². The summed E-state index contributed by atoms with van der Waals surface area (Å²) >= 11 is 0. The second kappa shape index (κ2) is 5.36. The van der Waals surface area contributed by atoms with Gasteiger partial charge in [-0.15, -0.1) is 0 Å². The number of para-hydroxylation sites is 1. The highest BCUT2D eigenvalue weighted by molar-refractivity contribution is 6.12. The number of urea groups is 1. The molecule has 0 aliphatic carbocycles. The van der Waals surface area contributed by atoms with Gasteiger partial charge >= 0.3 is 6.03 Å². The topological polar surface area (TPSA) is 40.6 Å². The lowest BCUT2D eigenvalue weighted by Gasteiger charge is -2.17. The van der Waals surface area contributed by atoms with Crippen molar-refractivity contribution in [3.63, 3.8) is 0 Å². The Morgan fingerprint density at radius 2 is 1.62 bits per heavy atom. The molecule has 3 rings (SSSR count). The molecule has 4 nitrogen and oxygen atoms in total. The van der Waals surface area contributed by atoms with E-state index in [1.54, 1.807) is 42.5 Å². The van der Waals surface area contributed by atoms with E-state index < -0.39 is 11.8 Å². The molecular weight excluding hydrogens is 271 g/mol. The zero-order chi connectivity index (χ0) is 14.8. The first-order valence-electron chi connectivity index (χ1n) is 6.57. The van der Waals surface area contributed by atoms with E-state index in [1.165, 1.54) is 11.0 Å². The van der Waals surface area contributed by atoms with E-state index in [2.05, 4.69) is 0 Å². The van der Waals surface area contributed by atoms with E-state index >= 15 is 0 Å². The van der Waals surface area contributed by atoms with Gasteiger partial charge in [-0.3, -0.25) is 14.6 Å². The van der Waals surface area contributed by atoms with Crippen LogP contribution < -0.4 is 4.90 Å². The SMILES string of the molecule is O=C1CN(c2ccccc2)C(=O)N1Cc1ccccc1F. The molecule has 0 bridgehead atoms. The van der Waals surface area contributed by atoms with E-state index in [-0.39, 0.29) is 19.0 Å². The van der Waals surface area contributed by atoms with Gasteiger partial charge in [-0.2, -0.15) is 0 Å². The predicted molar refractivity (Wildman–Crippen MR) is 76.1 cm³/mol. The van der Waals surface area contributed by atoms with Crippen LogP contribution in [0, 0.1) is 5.82 Å². The van der Waals surface area contributed by atoms with Crippen molar-refractivity contribution in [3.8, 4) is 0 Å². The van der Waals surface area contributed by atoms with Gasteiger partial charge in [0.25, 0.3) is 5.91 Å². The molecule has 0 aromatic heterocycles. The number of amides is 3. The van der Waals surface area contributed by atoms with Gasteiger partial charge in [0.2, 0.25) is 0 Å². The zero-order valence-corrected chi connectivity index (χ0v) is 11.2. The van der Waals surface area contributed by atoms with E-state index in [4.69, 9.17) is 0 Å². The van der Waals surface area contributed by atoms with Gasteiger partial charge in [-0.1, -0.05) is 36.4 Å². The number of rotatable bonds is 3. The molecule has 2 aromatic rings. The minimum atomic E-state index is -0.422. The molecular formula is C16H13FN2O2. The number of hydrogen-bond donors (Lipinski definition) is 0. The fourth-order valence-corrected chi connectivity index (χ4v) is 2.30. The fraction of sp³-hybridized carbons (Fsp3) is 0.125. The van der Waals surface area contributed by atoms with E-state index in [1.807, 2.05) is 6.07 Å². The third kappa shape index (κ3) is 2.50. The summed E-state index contributed by atoms with van der Waals surface area (Å²) in [7, 11) is 0. The van der Waals surface area contributed by atoms with Crippen LogP contribution in [0.25, 0.3) is 0 Å². The van der Waals surface area contributed by atoms with Crippen LogP contribution in [0.2, 0.25) is 0 Å². The van der Waals surface area contributed by atoms with E-state index in [0.29, 0.717) is 11.3 Å². The Balaban J connectivity index is 1.83. The van der Waals surface area contributed by atoms with Gasteiger partial charge in [-0.25, -0.2) is 9.18 Å². The smallest absolute Gasteiger partial charge is 0.285 e. The first-order chi connectivity index (χ1) is 10.2. The van der Waals surface area contributed by atoms with Crippen LogP contribution in [-0.2, 0) is 11.3 Å². The summed E-state index contributed by atoms with van der Waals surface area (Å²) in [6.07, 6.45) is 0. The average molecular weight is 284 g/mol. The maximum Gasteiger partial charge on any atom is 0.332 e. The van der Waals surface area contributed by atoms with Crippen molar-refractivity contribution < 1.29 is 14.0 Å². The van der Waals surface area contributed by atoms with Crippen molar-refractivity contribution in [2.45, 2.75) is 6.54 Å². The van der Waals surface area contributed by atoms with Gasteiger partial charge in [0.05, 0.1) is 6.54 Å². The molecule has 0 spiro atoms. The molecule has 0 unspecified atom stereocenters. The third-order valence-electron chi connectivity index (χ3n) is 3.41. The number of halogens is 1. The number of carbonyl (C=O) groups excluding carboxylic acids is 2. The highest BCUT2D eigenvalue weighted by Crippen LogP contribution is 2.22. The van der Waals surface area contributed by atoms with Crippen LogP contribution >= 0.6 is 0 Å². The van der Waals surface area contributed by atoms with Gasteiger partial charge < -0.3 is 0 Å². The number of anilines is 1. The predicted octanol–water partition coefficient (Wildman–Crippen LogP) is 2.79. The summed E-state index contributed by atoms with van der Waals surface area (Å²) < 4.78 is 13.7. The molecule has 0 radical (unpaired) electrons. The van der Waals surface area contributed by atoms with Gasteiger partial charge in [-0.05, 0) is 18.2 Å². The average Bonchev–Trinajstić information content (AvgIpc) is 2.78. The molecule has 1 aliphatic heterocycles. The Morgan fingerprint density at radius 3 is 2.33 bits per heavy atom. The summed E-state index contributed by atoms with van der Waals surface area (Å²) in [5, 5.41) is 0. The lowest BCUT2D eigenvalue weighted by atomic mass is 10.2. The highest BCUT2D eigenvalue weighted by atomic mass is 19.1. The van der Waals surface area contributed by atoms with Crippen molar-refractivity contribution in [3.05, 3.63) is 66.0 Å². The van der Waals surface area contributed by atoms with Crippen molar-refractivity contribution in [2.75, 3.05) is 11.4 Å². The monoisotopic (exact) mass is 284 g/mol. The largest absolute Gasteiger partial charge is 0.332 e. The van der Waals surface area contributed by atoms with Crippen molar-refractivity contribution in [1.82, 2.24) is 4.90 Å². The van der Waals surface area contributed by atoms with Crippen LogP contribution in [0.4, 0.5) is 14.9 Å². The van der Waals surface area contributed by atoms with Crippen molar-refractivity contribution in [1.29, 1.82) is 0 Å². The molecule has 3 amide bonds. The molecule has 2 aromatic carbocycles. The maximum atomic E-state index is 13.7. The van der Waals surface area contributed by atoms with Crippen molar-refractivity contribution >= 4 is 17.6 Å². The first kappa shape index (κ1) is 13.3. The molecule has 1 aliphatic rings. The van der Waals surface area contributed by atoms with Crippen LogP contribution in [0.5, 0.6) is 0 Å². The Labute approximate surface area is 121 Å². The molecule has 0 atom stereocenters. The molecule has 106 valence electrons. The first-order valence-corrected chi connectivity index (χ1v) is 6.57. The number of carbonyl (C=O) groups is 2. The standard InChI is InChI=1S/C16H13FN2O2/c17-14-9-5-4-6-12(14)10-19-15(20)11-18(16(19)21)13-7-2-1-3-8-13/h1-9H,10-11H2. The Hall–Kier alpha value is -2.69. The molecule has 0 saturated carbocycles. The molecule has 1 heterocycles. The lowest BCUT2D eigenvalue weighted by Crippen LogP contribution is -2.32. The lowest BCUT2D eigenvalue weighted by molar-refractivity contribution is -0.125. The summed E-state index contributed by atoms with van der Waals surface area (Å²) in [4.78, 5) is 26.8. The molecule has 1 fully saturated rings. The molecule has 5 heteroatoms. The number of nitrogens with zero attached hydrogens (tertiary/aromatic N) is 2. The van der Waals surface area contributed by atoms with Crippen LogP contribution in [0.15, 0.2) is 54.6 Å². The number of imide groups is 1. The van der Waals surface area contributed by atoms with Gasteiger partial charge in [0.15, 0.2) is 0 Å². The Kier molecular flexibility index (Phi) is 3.39. The quantitative estimate of drug-likeness (QED) is 0.813. The number of hydrogen-bond acceptors (Lipinski definition) is 2. The summed E-state index contributed by atoms with van der Waals surface area (Å²) in [5.41, 5.74) is 0.987. The van der Waals surface area contributed by atoms with Gasteiger partial charge in [0.1, 0.15) is 12.4 Å². The third-order valence-corrected chi connectivity index (χ3v) is 3.41. The van der Waals surface area contributed by atoms with E-state index in [9.17, 15) is 14.0 Å². The summed E-state index contributed by atoms with van der Waals surface area (Å²) in [6.45, 7) is -0.0645. The number of benzene rings is 2. The maximum absolute atomic E-state index is 13.7.